The third kappa shape index (κ3) is 2.92. The molecule has 0 aliphatic carbocycles. The topological polar surface area (TPSA) is 73.5 Å². The standard InChI is InChI=1S/C14H24N4O2/c1-9(2)14-16-6-11(10(5-15)17-14)18-7-12(19-3)13(8-18)20-4/h6,9,12-13H,5,7-8,15H2,1-4H3. The summed E-state index contributed by atoms with van der Waals surface area (Å²) in [4.78, 5) is 11.2. The number of aromatic nitrogens is 2. The van der Waals surface area contributed by atoms with Crippen LogP contribution in [0.25, 0.3) is 0 Å². The van der Waals surface area contributed by atoms with Gasteiger partial charge in [0.15, 0.2) is 0 Å². The summed E-state index contributed by atoms with van der Waals surface area (Å²) in [5.74, 6) is 1.13. The monoisotopic (exact) mass is 280 g/mol. The molecule has 2 rings (SSSR count). The second-order valence-electron chi connectivity index (χ2n) is 5.37. The van der Waals surface area contributed by atoms with Crippen molar-refractivity contribution in [3.8, 4) is 0 Å². The van der Waals surface area contributed by atoms with Crippen LogP contribution in [0.1, 0.15) is 31.3 Å². The van der Waals surface area contributed by atoms with Gasteiger partial charge in [0.05, 0.1) is 17.6 Å². The van der Waals surface area contributed by atoms with E-state index in [0.717, 1.165) is 30.3 Å². The van der Waals surface area contributed by atoms with Crippen molar-refractivity contribution in [1.29, 1.82) is 0 Å². The predicted molar refractivity (Wildman–Crippen MR) is 77.8 cm³/mol. The maximum absolute atomic E-state index is 5.84. The SMILES string of the molecule is COC1CN(c2cnc(C(C)C)nc2CN)CC1OC. The molecule has 1 aliphatic rings. The fourth-order valence-corrected chi connectivity index (χ4v) is 2.51. The molecule has 1 aliphatic heterocycles. The van der Waals surface area contributed by atoms with E-state index in [2.05, 4.69) is 28.7 Å². The quantitative estimate of drug-likeness (QED) is 0.864. The van der Waals surface area contributed by atoms with Crippen LogP contribution in [0.5, 0.6) is 0 Å². The Morgan fingerprint density at radius 3 is 2.35 bits per heavy atom. The molecule has 6 heteroatoms. The van der Waals surface area contributed by atoms with Gasteiger partial charge >= 0.3 is 0 Å². The van der Waals surface area contributed by atoms with Crippen LogP contribution < -0.4 is 10.6 Å². The van der Waals surface area contributed by atoms with Gasteiger partial charge in [-0.1, -0.05) is 13.8 Å². The molecule has 20 heavy (non-hydrogen) atoms. The maximum Gasteiger partial charge on any atom is 0.131 e. The Labute approximate surface area is 120 Å². The first-order chi connectivity index (χ1) is 9.60. The first-order valence-corrected chi connectivity index (χ1v) is 6.97. The van der Waals surface area contributed by atoms with Crippen LogP contribution in [-0.2, 0) is 16.0 Å². The van der Waals surface area contributed by atoms with Gasteiger partial charge in [0, 0.05) is 39.8 Å². The second kappa shape index (κ2) is 6.47. The first-order valence-electron chi connectivity index (χ1n) is 6.97. The van der Waals surface area contributed by atoms with E-state index in [4.69, 9.17) is 15.2 Å². The van der Waals surface area contributed by atoms with E-state index >= 15 is 0 Å². The third-order valence-corrected chi connectivity index (χ3v) is 3.74. The van der Waals surface area contributed by atoms with E-state index in [0.29, 0.717) is 12.5 Å². The highest BCUT2D eigenvalue weighted by atomic mass is 16.5. The van der Waals surface area contributed by atoms with Gasteiger partial charge in [-0.15, -0.1) is 0 Å². The lowest BCUT2D eigenvalue weighted by atomic mass is 10.2. The Morgan fingerprint density at radius 1 is 1.30 bits per heavy atom. The van der Waals surface area contributed by atoms with Crippen molar-refractivity contribution in [3.63, 3.8) is 0 Å². The summed E-state index contributed by atoms with van der Waals surface area (Å²) in [5, 5.41) is 0. The third-order valence-electron chi connectivity index (χ3n) is 3.74. The van der Waals surface area contributed by atoms with E-state index in [1.807, 2.05) is 6.20 Å². The molecule has 0 saturated carbocycles. The number of rotatable bonds is 5. The molecule has 112 valence electrons. The van der Waals surface area contributed by atoms with Gasteiger partial charge < -0.3 is 20.1 Å². The Kier molecular flexibility index (Phi) is 4.91. The normalized spacial score (nSPS) is 22.8. The zero-order valence-electron chi connectivity index (χ0n) is 12.7. The van der Waals surface area contributed by atoms with E-state index in [1.54, 1.807) is 14.2 Å². The van der Waals surface area contributed by atoms with Crippen molar-refractivity contribution in [3.05, 3.63) is 17.7 Å². The van der Waals surface area contributed by atoms with Crippen molar-refractivity contribution >= 4 is 5.69 Å². The number of methoxy groups -OCH3 is 2. The zero-order valence-corrected chi connectivity index (χ0v) is 12.7. The minimum atomic E-state index is 0.0652. The van der Waals surface area contributed by atoms with Crippen molar-refractivity contribution in [2.75, 3.05) is 32.2 Å². The highest BCUT2D eigenvalue weighted by molar-refractivity contribution is 5.50. The van der Waals surface area contributed by atoms with Gasteiger partial charge in [-0.25, -0.2) is 9.97 Å². The lowest BCUT2D eigenvalue weighted by molar-refractivity contribution is -0.00461. The van der Waals surface area contributed by atoms with Crippen LogP contribution in [-0.4, -0.2) is 49.5 Å². The summed E-state index contributed by atoms with van der Waals surface area (Å²) in [5.41, 5.74) is 7.71. The fraction of sp³-hybridized carbons (Fsp3) is 0.714. The predicted octanol–water partition coefficient (Wildman–Crippen LogP) is 0.909. The largest absolute Gasteiger partial charge is 0.377 e. The molecule has 2 atom stereocenters. The molecular formula is C14H24N4O2. The summed E-state index contributed by atoms with van der Waals surface area (Å²) in [7, 11) is 3.42. The number of nitrogens with two attached hydrogens (primary N) is 1. The number of ether oxygens (including phenoxy) is 2. The summed E-state index contributed by atoms with van der Waals surface area (Å²) in [6.07, 6.45) is 2.00. The Morgan fingerprint density at radius 2 is 1.90 bits per heavy atom. The molecule has 1 aromatic heterocycles. The van der Waals surface area contributed by atoms with Crippen molar-refractivity contribution in [2.24, 2.45) is 5.73 Å². The van der Waals surface area contributed by atoms with Gasteiger partial charge in [0.25, 0.3) is 0 Å². The summed E-state index contributed by atoms with van der Waals surface area (Å²) >= 11 is 0. The maximum atomic E-state index is 5.84. The highest BCUT2D eigenvalue weighted by Crippen LogP contribution is 2.26. The minimum absolute atomic E-state index is 0.0652. The molecule has 2 N–H and O–H groups in total. The molecule has 0 spiro atoms. The lowest BCUT2D eigenvalue weighted by Gasteiger charge is -2.21. The van der Waals surface area contributed by atoms with Crippen molar-refractivity contribution in [1.82, 2.24) is 9.97 Å². The number of anilines is 1. The number of hydrogen-bond acceptors (Lipinski definition) is 6. The van der Waals surface area contributed by atoms with Crippen LogP contribution >= 0.6 is 0 Å². The van der Waals surface area contributed by atoms with Crippen LogP contribution in [0, 0.1) is 0 Å². The van der Waals surface area contributed by atoms with Gasteiger partial charge in [-0.05, 0) is 0 Å². The molecule has 0 aromatic carbocycles. The zero-order chi connectivity index (χ0) is 14.7. The fourth-order valence-electron chi connectivity index (χ4n) is 2.51. The van der Waals surface area contributed by atoms with Crippen molar-refractivity contribution < 1.29 is 9.47 Å². The molecule has 1 fully saturated rings. The molecule has 2 heterocycles. The molecule has 0 bridgehead atoms. The van der Waals surface area contributed by atoms with Crippen LogP contribution in [0.4, 0.5) is 5.69 Å². The highest BCUT2D eigenvalue weighted by Gasteiger charge is 2.34. The van der Waals surface area contributed by atoms with Gasteiger partial charge in [0.2, 0.25) is 0 Å². The molecule has 0 amide bonds. The number of hydrogen-bond donors (Lipinski definition) is 1. The Bertz CT molecular complexity index is 441. The molecule has 2 unspecified atom stereocenters. The van der Waals surface area contributed by atoms with Gasteiger partial charge in [0.1, 0.15) is 18.0 Å². The van der Waals surface area contributed by atoms with Crippen LogP contribution in [0.3, 0.4) is 0 Å². The second-order valence-corrected chi connectivity index (χ2v) is 5.37. The van der Waals surface area contributed by atoms with E-state index in [-0.39, 0.29) is 12.2 Å². The van der Waals surface area contributed by atoms with Crippen LogP contribution in [0.15, 0.2) is 6.20 Å². The smallest absolute Gasteiger partial charge is 0.131 e. The minimum Gasteiger partial charge on any atom is -0.377 e. The Hall–Kier alpha value is -1.24. The summed E-state index contributed by atoms with van der Waals surface area (Å²) in [6, 6.07) is 0. The van der Waals surface area contributed by atoms with E-state index < -0.39 is 0 Å². The lowest BCUT2D eigenvalue weighted by Crippen LogP contribution is -2.27. The van der Waals surface area contributed by atoms with E-state index in [1.165, 1.54) is 0 Å². The van der Waals surface area contributed by atoms with Gasteiger partial charge in [-0.3, -0.25) is 0 Å². The molecule has 0 radical (unpaired) electrons. The van der Waals surface area contributed by atoms with Crippen LogP contribution in [0.2, 0.25) is 0 Å². The molecular weight excluding hydrogens is 256 g/mol. The molecule has 1 aromatic rings. The number of nitrogens with zero attached hydrogens (tertiary/aromatic N) is 3. The Balaban J connectivity index is 2.25. The van der Waals surface area contributed by atoms with Crippen molar-refractivity contribution in [2.45, 2.75) is 38.5 Å². The molecule has 6 nitrogen and oxygen atoms in total. The summed E-state index contributed by atoms with van der Waals surface area (Å²) < 4.78 is 10.9. The van der Waals surface area contributed by atoms with E-state index in [9.17, 15) is 0 Å². The molecule has 1 saturated heterocycles. The first kappa shape index (κ1) is 15.2. The average Bonchev–Trinajstić information content (AvgIpc) is 2.89. The average molecular weight is 280 g/mol. The summed E-state index contributed by atoms with van der Waals surface area (Å²) in [6.45, 7) is 6.10. The van der Waals surface area contributed by atoms with Gasteiger partial charge in [-0.2, -0.15) is 0 Å².